The highest BCUT2D eigenvalue weighted by molar-refractivity contribution is 7.88. The minimum Gasteiger partial charge on any atom is -0.481 e. The number of carboxylic acid groups (broad SMARTS) is 1. The van der Waals surface area contributed by atoms with Crippen LogP contribution in [0.4, 0.5) is 0 Å². The van der Waals surface area contributed by atoms with Gasteiger partial charge in [-0.25, -0.2) is 4.31 Å². The molecule has 1 aliphatic heterocycles. The van der Waals surface area contributed by atoms with E-state index in [0.717, 1.165) is 7.05 Å². The molecular formula is C5H8N2O5S. The van der Waals surface area contributed by atoms with Crippen LogP contribution in [0.5, 0.6) is 0 Å². The fraction of sp³-hybridized carbons (Fsp3) is 0.600. The van der Waals surface area contributed by atoms with Crippen LogP contribution in [0.2, 0.25) is 0 Å². The number of rotatable bonds is 2. The highest BCUT2D eigenvalue weighted by Gasteiger charge is 2.41. The molecule has 8 heteroatoms. The van der Waals surface area contributed by atoms with Crippen molar-refractivity contribution in [1.29, 1.82) is 0 Å². The largest absolute Gasteiger partial charge is 0.481 e. The molecule has 74 valence electrons. The first-order valence-corrected chi connectivity index (χ1v) is 4.80. The predicted molar refractivity (Wildman–Crippen MR) is 40.9 cm³/mol. The Bertz CT molecular complexity index is 348. The van der Waals surface area contributed by atoms with Crippen LogP contribution >= 0.6 is 0 Å². The number of hydrogen-bond acceptors (Lipinski definition) is 4. The van der Waals surface area contributed by atoms with E-state index in [0.29, 0.717) is 4.31 Å². The molecule has 1 heterocycles. The van der Waals surface area contributed by atoms with Gasteiger partial charge < -0.3 is 5.11 Å². The van der Waals surface area contributed by atoms with E-state index < -0.39 is 34.5 Å². The SMILES string of the molecule is CN1C(=O)[C@H](CC(=O)O)NS1(=O)=O. The van der Waals surface area contributed by atoms with Crippen molar-refractivity contribution in [1.82, 2.24) is 9.03 Å². The first kappa shape index (κ1) is 9.93. The number of hydrogen-bond donors (Lipinski definition) is 2. The van der Waals surface area contributed by atoms with Gasteiger partial charge in [0.2, 0.25) is 0 Å². The quantitative estimate of drug-likeness (QED) is 0.553. The highest BCUT2D eigenvalue weighted by Crippen LogP contribution is 2.11. The Balaban J connectivity index is 2.85. The van der Waals surface area contributed by atoms with E-state index in [2.05, 4.69) is 0 Å². The average Bonchev–Trinajstić information content (AvgIpc) is 2.13. The number of likely N-dealkylation sites (N-methyl/N-ethyl adjacent to an activating group) is 1. The number of carbonyl (C=O) groups is 2. The van der Waals surface area contributed by atoms with Crippen molar-refractivity contribution in [2.24, 2.45) is 0 Å². The van der Waals surface area contributed by atoms with Gasteiger partial charge in [0.05, 0.1) is 6.42 Å². The maximum absolute atomic E-state index is 11.1. The lowest BCUT2D eigenvalue weighted by molar-refractivity contribution is -0.140. The number of nitrogens with zero attached hydrogens (tertiary/aromatic N) is 1. The molecule has 7 nitrogen and oxygen atoms in total. The molecule has 0 aliphatic carbocycles. The molecule has 0 radical (unpaired) electrons. The Kier molecular flexibility index (Phi) is 2.26. The Morgan fingerprint density at radius 2 is 2.23 bits per heavy atom. The third-order valence-corrected chi connectivity index (χ3v) is 3.12. The lowest BCUT2D eigenvalue weighted by Gasteiger charge is -2.03. The van der Waals surface area contributed by atoms with Crippen molar-refractivity contribution < 1.29 is 23.1 Å². The molecule has 0 bridgehead atoms. The monoisotopic (exact) mass is 208 g/mol. The van der Waals surface area contributed by atoms with Crippen molar-refractivity contribution in [2.75, 3.05) is 7.05 Å². The summed E-state index contributed by atoms with van der Waals surface area (Å²) in [7, 11) is -2.72. The summed E-state index contributed by atoms with van der Waals surface area (Å²) in [6, 6.07) is -1.17. The molecule has 1 amide bonds. The van der Waals surface area contributed by atoms with Gasteiger partial charge in [-0.1, -0.05) is 0 Å². The molecule has 0 aromatic rings. The average molecular weight is 208 g/mol. The van der Waals surface area contributed by atoms with E-state index in [1.807, 2.05) is 4.72 Å². The zero-order valence-corrected chi connectivity index (χ0v) is 7.54. The first-order valence-electron chi connectivity index (χ1n) is 3.36. The van der Waals surface area contributed by atoms with Gasteiger partial charge in [-0.3, -0.25) is 9.59 Å². The van der Waals surface area contributed by atoms with E-state index in [1.165, 1.54) is 0 Å². The van der Waals surface area contributed by atoms with Gasteiger partial charge in [-0.05, 0) is 0 Å². The summed E-state index contributed by atoms with van der Waals surface area (Å²) < 4.78 is 24.4. The second-order valence-corrected chi connectivity index (χ2v) is 4.31. The van der Waals surface area contributed by atoms with Gasteiger partial charge in [0.15, 0.2) is 0 Å². The maximum atomic E-state index is 11.1. The Labute approximate surface area is 74.5 Å². The summed E-state index contributed by atoms with van der Waals surface area (Å²) >= 11 is 0. The van der Waals surface area contributed by atoms with Crippen LogP contribution in [0.3, 0.4) is 0 Å². The van der Waals surface area contributed by atoms with Crippen molar-refractivity contribution in [2.45, 2.75) is 12.5 Å². The van der Waals surface area contributed by atoms with Gasteiger partial charge in [-0.15, -0.1) is 0 Å². The molecule has 1 saturated heterocycles. The molecule has 0 saturated carbocycles. The Morgan fingerprint density at radius 1 is 1.69 bits per heavy atom. The molecule has 0 spiro atoms. The zero-order valence-electron chi connectivity index (χ0n) is 6.72. The summed E-state index contributed by atoms with van der Waals surface area (Å²) in [5, 5.41) is 8.34. The summed E-state index contributed by atoms with van der Waals surface area (Å²) in [5.74, 6) is -1.97. The molecule has 0 aromatic heterocycles. The first-order chi connectivity index (χ1) is 5.84. The standard InChI is InChI=1S/C5H8N2O5S/c1-7-5(10)3(2-4(8)9)6-13(7,11)12/h3,6H,2H2,1H3,(H,8,9)/t3-/m0/s1. The zero-order chi connectivity index (χ0) is 10.2. The Morgan fingerprint density at radius 3 is 2.54 bits per heavy atom. The van der Waals surface area contributed by atoms with Crippen LogP contribution in [0, 0.1) is 0 Å². The number of amides is 1. The molecule has 1 rings (SSSR count). The third-order valence-electron chi connectivity index (χ3n) is 1.64. The van der Waals surface area contributed by atoms with Crippen LogP contribution in [-0.4, -0.2) is 42.8 Å². The van der Waals surface area contributed by atoms with Gasteiger partial charge >= 0.3 is 16.2 Å². The molecule has 1 fully saturated rings. The molecule has 1 aliphatic rings. The van der Waals surface area contributed by atoms with Gasteiger partial charge in [-0.2, -0.15) is 13.1 Å². The third kappa shape index (κ3) is 1.78. The van der Waals surface area contributed by atoms with E-state index in [-0.39, 0.29) is 0 Å². The predicted octanol–water partition coefficient (Wildman–Crippen LogP) is -1.86. The maximum Gasteiger partial charge on any atom is 0.305 e. The van der Waals surface area contributed by atoms with Gasteiger partial charge in [0, 0.05) is 7.05 Å². The van der Waals surface area contributed by atoms with Crippen LogP contribution in [0.1, 0.15) is 6.42 Å². The number of carboxylic acids is 1. The summed E-state index contributed by atoms with van der Waals surface area (Å²) in [6.07, 6.45) is -0.539. The van der Waals surface area contributed by atoms with Crippen LogP contribution in [0.25, 0.3) is 0 Å². The minimum absolute atomic E-state index is 0.501. The fourth-order valence-electron chi connectivity index (χ4n) is 0.951. The topological polar surface area (TPSA) is 104 Å². The number of nitrogens with one attached hydrogen (secondary N) is 1. The number of aliphatic carboxylic acids is 1. The Hall–Kier alpha value is -1.15. The fourth-order valence-corrected chi connectivity index (χ4v) is 2.02. The molecule has 0 aromatic carbocycles. The molecule has 0 unspecified atom stereocenters. The highest BCUT2D eigenvalue weighted by atomic mass is 32.2. The van der Waals surface area contributed by atoms with Crippen molar-refractivity contribution in [3.63, 3.8) is 0 Å². The van der Waals surface area contributed by atoms with Crippen LogP contribution in [-0.2, 0) is 19.8 Å². The summed E-state index contributed by atoms with van der Waals surface area (Å²) in [5.41, 5.74) is 0. The van der Waals surface area contributed by atoms with Crippen molar-refractivity contribution in [3.05, 3.63) is 0 Å². The van der Waals surface area contributed by atoms with Crippen molar-refractivity contribution >= 4 is 22.1 Å². The smallest absolute Gasteiger partial charge is 0.305 e. The van der Waals surface area contributed by atoms with E-state index in [9.17, 15) is 18.0 Å². The lowest BCUT2D eigenvalue weighted by Crippen LogP contribution is -2.31. The van der Waals surface area contributed by atoms with E-state index >= 15 is 0 Å². The van der Waals surface area contributed by atoms with Crippen LogP contribution < -0.4 is 4.72 Å². The number of carbonyl (C=O) groups excluding carboxylic acids is 1. The van der Waals surface area contributed by atoms with Gasteiger partial charge in [0.1, 0.15) is 6.04 Å². The second-order valence-electron chi connectivity index (χ2n) is 2.58. The molecular weight excluding hydrogens is 200 g/mol. The normalized spacial score (nSPS) is 26.4. The van der Waals surface area contributed by atoms with E-state index in [1.54, 1.807) is 0 Å². The summed E-state index contributed by atoms with van der Waals surface area (Å²) in [6.45, 7) is 0. The molecule has 1 atom stereocenters. The molecule has 2 N–H and O–H groups in total. The van der Waals surface area contributed by atoms with Crippen LogP contribution in [0.15, 0.2) is 0 Å². The van der Waals surface area contributed by atoms with Crippen molar-refractivity contribution in [3.8, 4) is 0 Å². The molecule has 13 heavy (non-hydrogen) atoms. The van der Waals surface area contributed by atoms with E-state index in [4.69, 9.17) is 5.11 Å². The minimum atomic E-state index is -3.80. The van der Waals surface area contributed by atoms with Gasteiger partial charge in [0.25, 0.3) is 5.91 Å². The lowest BCUT2D eigenvalue weighted by atomic mass is 10.2. The summed E-state index contributed by atoms with van der Waals surface area (Å²) in [4.78, 5) is 21.3. The second kappa shape index (κ2) is 2.96.